The number of piperidine rings is 1. The van der Waals surface area contributed by atoms with Gasteiger partial charge in [-0.25, -0.2) is 4.98 Å². The topological polar surface area (TPSA) is 61.9 Å². The first-order valence-electron chi connectivity index (χ1n) is 8.87. The van der Waals surface area contributed by atoms with Crippen LogP contribution in [0.1, 0.15) is 44.4 Å². The van der Waals surface area contributed by atoms with E-state index in [1.54, 1.807) is 12.4 Å². The molecule has 0 saturated carbocycles. The van der Waals surface area contributed by atoms with Crippen molar-refractivity contribution in [2.45, 2.75) is 51.0 Å². The van der Waals surface area contributed by atoms with Crippen molar-refractivity contribution in [3.63, 3.8) is 0 Å². The average Bonchev–Trinajstić information content (AvgIpc) is 2.95. The number of aromatic amines is 1. The molecule has 0 bridgehead atoms. The summed E-state index contributed by atoms with van der Waals surface area (Å²) in [5, 5.41) is 0. The fourth-order valence-electron chi connectivity index (χ4n) is 4.25. The van der Waals surface area contributed by atoms with Crippen LogP contribution < -0.4 is 5.56 Å². The minimum absolute atomic E-state index is 0.0296. The minimum atomic E-state index is 0.0296. The number of rotatable bonds is 2. The molecule has 1 N–H and O–H groups in total. The van der Waals surface area contributed by atoms with Crippen LogP contribution in [-0.4, -0.2) is 39.0 Å². The van der Waals surface area contributed by atoms with Crippen LogP contribution in [0.15, 0.2) is 29.3 Å². The Kier molecular flexibility index (Phi) is 3.76. The van der Waals surface area contributed by atoms with Crippen LogP contribution in [0.3, 0.4) is 0 Å². The largest absolute Gasteiger partial charge is 0.306 e. The minimum Gasteiger partial charge on any atom is -0.306 e. The number of hydrogen-bond acceptors (Lipinski definition) is 4. The summed E-state index contributed by atoms with van der Waals surface area (Å²) in [7, 11) is 0. The predicted molar refractivity (Wildman–Crippen MR) is 94.0 cm³/mol. The first-order valence-corrected chi connectivity index (χ1v) is 8.87. The molecule has 24 heavy (non-hydrogen) atoms. The Bertz CT molecular complexity index is 789. The first-order chi connectivity index (χ1) is 11.6. The molecule has 0 unspecified atom stereocenters. The Labute approximate surface area is 142 Å². The van der Waals surface area contributed by atoms with Gasteiger partial charge in [-0.05, 0) is 64.8 Å². The van der Waals surface area contributed by atoms with E-state index in [-0.39, 0.29) is 11.0 Å². The monoisotopic (exact) mass is 324 g/mol. The van der Waals surface area contributed by atoms with Gasteiger partial charge in [-0.15, -0.1) is 0 Å². The number of H-pyrrole nitrogens is 1. The van der Waals surface area contributed by atoms with E-state index >= 15 is 0 Å². The van der Waals surface area contributed by atoms with E-state index in [1.807, 2.05) is 12.1 Å². The zero-order valence-corrected chi connectivity index (χ0v) is 14.4. The molecule has 0 amide bonds. The molecule has 1 fully saturated rings. The fourth-order valence-corrected chi connectivity index (χ4v) is 4.25. The summed E-state index contributed by atoms with van der Waals surface area (Å²) in [6, 6.07) is 4.40. The summed E-state index contributed by atoms with van der Waals surface area (Å²) in [6.45, 7) is 6.69. The summed E-state index contributed by atoms with van der Waals surface area (Å²) < 4.78 is 0. The van der Waals surface area contributed by atoms with Gasteiger partial charge < -0.3 is 9.88 Å². The molecule has 2 aliphatic rings. The average molecular weight is 324 g/mol. The van der Waals surface area contributed by atoms with Gasteiger partial charge in [0.2, 0.25) is 0 Å². The summed E-state index contributed by atoms with van der Waals surface area (Å²) >= 11 is 0. The Morgan fingerprint density at radius 1 is 1.25 bits per heavy atom. The molecule has 5 heteroatoms. The van der Waals surface area contributed by atoms with Crippen LogP contribution >= 0.6 is 0 Å². The second-order valence-electron chi connectivity index (χ2n) is 7.39. The molecule has 5 nitrogen and oxygen atoms in total. The molecule has 126 valence electrons. The third-order valence-electron chi connectivity index (χ3n) is 5.79. The fraction of sp³-hybridized carbons (Fsp3) is 0.526. The maximum Gasteiger partial charge on any atom is 0.254 e. The maximum atomic E-state index is 12.6. The van der Waals surface area contributed by atoms with E-state index in [4.69, 9.17) is 4.98 Å². The summed E-state index contributed by atoms with van der Waals surface area (Å²) in [4.78, 5) is 27.1. The Balaban J connectivity index is 1.73. The number of likely N-dealkylation sites (tertiary alicyclic amines) is 1. The lowest BCUT2D eigenvalue weighted by Gasteiger charge is -2.41. The van der Waals surface area contributed by atoms with Gasteiger partial charge >= 0.3 is 0 Å². The predicted octanol–water partition coefficient (Wildman–Crippen LogP) is 2.52. The van der Waals surface area contributed by atoms with Gasteiger partial charge in [0.25, 0.3) is 5.56 Å². The van der Waals surface area contributed by atoms with Crippen LogP contribution in [-0.2, 0) is 11.8 Å². The standard InChI is InChI=1S/C19H24N4O/c1-13(2)23-10-7-19(8-11-23)6-5-15-16(19)21-17(22-18(15)24)14-4-3-9-20-12-14/h3-4,9,12-13H,5-8,10-11H2,1-2H3,(H,21,22,24). The van der Waals surface area contributed by atoms with Gasteiger partial charge in [0.1, 0.15) is 5.82 Å². The van der Waals surface area contributed by atoms with Gasteiger partial charge in [0, 0.05) is 35.0 Å². The van der Waals surface area contributed by atoms with Gasteiger partial charge in [-0.1, -0.05) is 0 Å². The van der Waals surface area contributed by atoms with Crippen LogP contribution in [0.2, 0.25) is 0 Å². The van der Waals surface area contributed by atoms with Gasteiger partial charge in [-0.3, -0.25) is 9.78 Å². The van der Waals surface area contributed by atoms with Gasteiger partial charge in [0.05, 0.1) is 5.69 Å². The van der Waals surface area contributed by atoms with Crippen molar-refractivity contribution in [1.82, 2.24) is 19.9 Å². The van der Waals surface area contributed by atoms with Crippen LogP contribution in [0, 0.1) is 0 Å². The molecular weight excluding hydrogens is 300 g/mol. The molecular formula is C19H24N4O. The Hall–Kier alpha value is -2.01. The number of pyridine rings is 1. The molecule has 0 atom stereocenters. The van der Waals surface area contributed by atoms with E-state index in [0.717, 1.165) is 55.6 Å². The smallest absolute Gasteiger partial charge is 0.254 e. The van der Waals surface area contributed by atoms with Crippen LogP contribution in [0.25, 0.3) is 11.4 Å². The second kappa shape index (κ2) is 5.81. The van der Waals surface area contributed by atoms with E-state index in [2.05, 4.69) is 28.7 Å². The highest BCUT2D eigenvalue weighted by molar-refractivity contribution is 5.54. The van der Waals surface area contributed by atoms with Crippen molar-refractivity contribution in [3.05, 3.63) is 46.1 Å². The van der Waals surface area contributed by atoms with Crippen molar-refractivity contribution in [2.24, 2.45) is 0 Å². The molecule has 2 aromatic rings. The second-order valence-corrected chi connectivity index (χ2v) is 7.39. The van der Waals surface area contributed by atoms with Crippen LogP contribution in [0.5, 0.6) is 0 Å². The molecule has 1 aliphatic carbocycles. The van der Waals surface area contributed by atoms with Crippen molar-refractivity contribution >= 4 is 0 Å². The molecule has 4 rings (SSSR count). The van der Waals surface area contributed by atoms with E-state index < -0.39 is 0 Å². The van der Waals surface area contributed by atoms with Crippen molar-refractivity contribution in [1.29, 1.82) is 0 Å². The van der Waals surface area contributed by atoms with E-state index in [1.165, 1.54) is 0 Å². The quantitative estimate of drug-likeness (QED) is 0.922. The molecule has 1 spiro atoms. The summed E-state index contributed by atoms with van der Waals surface area (Å²) in [5.41, 5.74) is 2.95. The van der Waals surface area contributed by atoms with Crippen LogP contribution in [0.4, 0.5) is 0 Å². The molecule has 3 heterocycles. The van der Waals surface area contributed by atoms with Crippen molar-refractivity contribution in [3.8, 4) is 11.4 Å². The highest BCUT2D eigenvalue weighted by Gasteiger charge is 2.44. The third-order valence-corrected chi connectivity index (χ3v) is 5.79. The Morgan fingerprint density at radius 3 is 2.71 bits per heavy atom. The Morgan fingerprint density at radius 2 is 2.04 bits per heavy atom. The molecule has 0 aromatic carbocycles. The number of fused-ring (bicyclic) bond motifs is 2. The van der Waals surface area contributed by atoms with Crippen molar-refractivity contribution < 1.29 is 0 Å². The summed E-state index contributed by atoms with van der Waals surface area (Å²) in [5.74, 6) is 0.652. The molecule has 1 saturated heterocycles. The van der Waals surface area contributed by atoms with Gasteiger partial charge in [-0.2, -0.15) is 0 Å². The third kappa shape index (κ3) is 2.47. The zero-order valence-electron chi connectivity index (χ0n) is 14.4. The molecule has 2 aromatic heterocycles. The SMILES string of the molecule is CC(C)N1CCC2(CCc3c2nc(-c2cccnc2)[nH]c3=O)CC1. The number of hydrogen-bond donors (Lipinski definition) is 1. The number of aromatic nitrogens is 3. The maximum absolute atomic E-state index is 12.6. The van der Waals surface area contributed by atoms with E-state index in [9.17, 15) is 4.79 Å². The lowest BCUT2D eigenvalue weighted by atomic mass is 9.76. The van der Waals surface area contributed by atoms with Gasteiger partial charge in [0.15, 0.2) is 0 Å². The van der Waals surface area contributed by atoms with Crippen molar-refractivity contribution in [2.75, 3.05) is 13.1 Å². The summed E-state index contributed by atoms with van der Waals surface area (Å²) in [6.07, 6.45) is 7.60. The normalized spacial score (nSPS) is 19.8. The number of nitrogens with one attached hydrogen (secondary N) is 1. The molecule has 0 radical (unpaired) electrons. The zero-order chi connectivity index (χ0) is 16.7. The highest BCUT2D eigenvalue weighted by atomic mass is 16.1. The molecule has 1 aliphatic heterocycles. The lowest BCUT2D eigenvalue weighted by Crippen LogP contribution is -2.44. The highest BCUT2D eigenvalue weighted by Crippen LogP contribution is 2.44. The first kappa shape index (κ1) is 15.5. The van der Waals surface area contributed by atoms with E-state index in [0.29, 0.717) is 11.9 Å². The number of nitrogens with zero attached hydrogens (tertiary/aromatic N) is 3. The lowest BCUT2D eigenvalue weighted by molar-refractivity contribution is 0.127.